The number of carbonyl (C=O) groups is 1. The third-order valence-corrected chi connectivity index (χ3v) is 6.07. The Morgan fingerprint density at radius 1 is 1.18 bits per heavy atom. The van der Waals surface area contributed by atoms with Crippen molar-refractivity contribution in [3.63, 3.8) is 0 Å². The van der Waals surface area contributed by atoms with E-state index in [4.69, 9.17) is 9.47 Å². The molecule has 1 aliphatic rings. The van der Waals surface area contributed by atoms with Gasteiger partial charge in [0.1, 0.15) is 31.0 Å². The molecule has 0 saturated heterocycles. The summed E-state index contributed by atoms with van der Waals surface area (Å²) in [5.41, 5.74) is 0.821. The van der Waals surface area contributed by atoms with Gasteiger partial charge >= 0.3 is 0 Å². The molecule has 0 spiro atoms. The van der Waals surface area contributed by atoms with E-state index in [1.807, 2.05) is 38.3 Å². The molecule has 5 rings (SSSR count). The minimum Gasteiger partial charge on any atom is -0.486 e. The Kier molecular flexibility index (Phi) is 5.16. The molecule has 10 heteroatoms. The van der Waals surface area contributed by atoms with Gasteiger partial charge in [0.2, 0.25) is 5.91 Å². The summed E-state index contributed by atoms with van der Waals surface area (Å²) in [5.74, 6) is 0.836. The van der Waals surface area contributed by atoms with Crippen molar-refractivity contribution in [1.29, 1.82) is 0 Å². The monoisotopic (exact) mass is 465 g/mol. The Morgan fingerprint density at radius 2 is 1.97 bits per heavy atom. The molecule has 0 atom stereocenters. The Hall–Kier alpha value is -3.66. The van der Waals surface area contributed by atoms with Gasteiger partial charge in [-0.3, -0.25) is 14.3 Å². The van der Waals surface area contributed by atoms with E-state index in [1.54, 1.807) is 29.1 Å². The van der Waals surface area contributed by atoms with Crippen molar-refractivity contribution >= 4 is 33.8 Å². The number of nitrogens with one attached hydrogen (secondary N) is 1. The number of rotatable bonds is 4. The highest BCUT2D eigenvalue weighted by Crippen LogP contribution is 2.33. The van der Waals surface area contributed by atoms with Crippen molar-refractivity contribution in [2.45, 2.75) is 32.9 Å². The summed E-state index contributed by atoms with van der Waals surface area (Å²) < 4.78 is 14.0. The lowest BCUT2D eigenvalue weighted by atomic mass is 10.1. The van der Waals surface area contributed by atoms with Crippen LogP contribution in [0.5, 0.6) is 11.5 Å². The van der Waals surface area contributed by atoms with E-state index in [0.717, 1.165) is 4.88 Å². The summed E-state index contributed by atoms with van der Waals surface area (Å²) in [4.78, 5) is 27.1. The van der Waals surface area contributed by atoms with Crippen LogP contribution in [0.1, 0.15) is 20.8 Å². The van der Waals surface area contributed by atoms with E-state index in [0.29, 0.717) is 47.0 Å². The molecule has 0 unspecified atom stereocenters. The summed E-state index contributed by atoms with van der Waals surface area (Å²) in [5, 5.41) is 14.4. The third-order valence-electron chi connectivity index (χ3n) is 5.19. The van der Waals surface area contributed by atoms with Crippen LogP contribution in [0.2, 0.25) is 0 Å². The van der Waals surface area contributed by atoms with Crippen LogP contribution in [0.3, 0.4) is 0 Å². The number of aromatic nitrogens is 4. The number of carbonyl (C=O) groups excluding carboxylic acids is 1. The van der Waals surface area contributed by atoms with Crippen LogP contribution in [0, 0.1) is 0 Å². The van der Waals surface area contributed by atoms with Gasteiger partial charge in [-0.1, -0.05) is 6.07 Å². The molecule has 9 nitrogen and oxygen atoms in total. The topological polar surface area (TPSA) is 100 Å². The number of thiophene rings is 1. The van der Waals surface area contributed by atoms with Gasteiger partial charge in [0.05, 0.1) is 22.0 Å². The fourth-order valence-corrected chi connectivity index (χ4v) is 4.46. The van der Waals surface area contributed by atoms with Crippen molar-refractivity contribution in [3.8, 4) is 22.1 Å². The summed E-state index contributed by atoms with van der Waals surface area (Å²) in [6.07, 6.45) is 1.67. The maximum Gasteiger partial charge on any atom is 0.293 e. The number of amides is 1. The van der Waals surface area contributed by atoms with Crippen LogP contribution in [-0.4, -0.2) is 38.7 Å². The second-order valence-electron chi connectivity index (χ2n) is 8.68. The fraction of sp³-hybridized carbons (Fsp3) is 0.304. The van der Waals surface area contributed by atoms with Crippen LogP contribution < -0.4 is 20.3 Å². The molecule has 1 N–H and O–H groups in total. The molecule has 4 aromatic rings. The zero-order chi connectivity index (χ0) is 23.2. The van der Waals surface area contributed by atoms with E-state index in [2.05, 4.69) is 15.5 Å². The smallest absolute Gasteiger partial charge is 0.293 e. The van der Waals surface area contributed by atoms with Gasteiger partial charge < -0.3 is 14.8 Å². The van der Waals surface area contributed by atoms with Crippen molar-refractivity contribution in [2.24, 2.45) is 0 Å². The Balaban J connectivity index is 1.52. The summed E-state index contributed by atoms with van der Waals surface area (Å²) in [6.45, 7) is 6.64. The largest absolute Gasteiger partial charge is 0.486 e. The highest BCUT2D eigenvalue weighted by molar-refractivity contribution is 7.13. The van der Waals surface area contributed by atoms with Crippen LogP contribution in [0.15, 0.2) is 46.7 Å². The van der Waals surface area contributed by atoms with E-state index in [9.17, 15) is 9.59 Å². The number of hydrogen-bond donors (Lipinski definition) is 1. The van der Waals surface area contributed by atoms with Gasteiger partial charge in [-0.2, -0.15) is 10.2 Å². The van der Waals surface area contributed by atoms with Crippen molar-refractivity contribution in [2.75, 3.05) is 18.5 Å². The van der Waals surface area contributed by atoms with Gasteiger partial charge in [-0.15, -0.1) is 11.3 Å². The first kappa shape index (κ1) is 21.2. The van der Waals surface area contributed by atoms with E-state index >= 15 is 0 Å². The minimum absolute atomic E-state index is 0.239. The van der Waals surface area contributed by atoms with Crippen LogP contribution in [0.25, 0.3) is 21.5 Å². The van der Waals surface area contributed by atoms with Crippen LogP contribution in [0.4, 0.5) is 5.69 Å². The molecular formula is C23H23N5O4S. The predicted octanol–water partition coefficient (Wildman–Crippen LogP) is 3.49. The van der Waals surface area contributed by atoms with Crippen molar-refractivity contribution in [3.05, 3.63) is 52.3 Å². The van der Waals surface area contributed by atoms with E-state index < -0.39 is 5.54 Å². The number of fused-ring (bicyclic) bond motifs is 2. The Labute approximate surface area is 193 Å². The average molecular weight is 466 g/mol. The van der Waals surface area contributed by atoms with Crippen molar-refractivity contribution < 1.29 is 14.3 Å². The first-order valence-corrected chi connectivity index (χ1v) is 11.4. The lowest BCUT2D eigenvalue weighted by Crippen LogP contribution is -2.33. The number of anilines is 1. The maximum atomic E-state index is 13.4. The molecule has 1 amide bonds. The first-order chi connectivity index (χ1) is 15.8. The Bertz CT molecular complexity index is 1400. The lowest BCUT2D eigenvalue weighted by Gasteiger charge is -2.20. The molecule has 0 aliphatic carbocycles. The maximum absolute atomic E-state index is 13.4. The quantitative estimate of drug-likeness (QED) is 0.495. The fourth-order valence-electron chi connectivity index (χ4n) is 3.74. The first-order valence-electron chi connectivity index (χ1n) is 10.5. The summed E-state index contributed by atoms with van der Waals surface area (Å²) >= 11 is 1.52. The standard InChI is InChI=1S/C23H23N5O4S/c1-23(2,3)28-21-15(12-24-28)20(18-5-4-10-33-18)26-27(22(21)30)13-19(29)25-14-6-7-16-17(11-14)32-9-8-31-16/h4-7,10-12H,8-9,13H2,1-3H3,(H,25,29). The summed E-state index contributed by atoms with van der Waals surface area (Å²) in [6, 6.07) is 9.04. The SMILES string of the molecule is CC(C)(C)n1ncc2c(-c3cccs3)nn(CC(=O)Nc3ccc4c(c3)OCCO4)c(=O)c21. The third kappa shape index (κ3) is 3.97. The molecule has 4 heterocycles. The normalized spacial score (nSPS) is 13.3. The second-order valence-corrected chi connectivity index (χ2v) is 9.63. The number of hydrogen-bond acceptors (Lipinski definition) is 7. The predicted molar refractivity (Wildman–Crippen MR) is 126 cm³/mol. The molecule has 1 aliphatic heterocycles. The van der Waals surface area contributed by atoms with Gasteiger partial charge in [0.15, 0.2) is 11.5 Å². The zero-order valence-corrected chi connectivity index (χ0v) is 19.3. The molecule has 0 radical (unpaired) electrons. The van der Waals surface area contributed by atoms with Crippen molar-refractivity contribution in [1.82, 2.24) is 19.6 Å². The molecule has 33 heavy (non-hydrogen) atoms. The second kappa shape index (κ2) is 8.04. The molecular weight excluding hydrogens is 442 g/mol. The van der Waals surface area contributed by atoms with Gasteiger partial charge in [0.25, 0.3) is 5.56 Å². The highest BCUT2D eigenvalue weighted by Gasteiger charge is 2.24. The van der Waals surface area contributed by atoms with Gasteiger partial charge in [0, 0.05) is 11.8 Å². The molecule has 3 aromatic heterocycles. The molecule has 0 fully saturated rings. The minimum atomic E-state index is -0.416. The van der Waals surface area contributed by atoms with E-state index in [-0.39, 0.29) is 18.0 Å². The van der Waals surface area contributed by atoms with Gasteiger partial charge in [-0.25, -0.2) is 4.68 Å². The lowest BCUT2D eigenvalue weighted by molar-refractivity contribution is -0.117. The molecule has 1 aromatic carbocycles. The number of benzene rings is 1. The highest BCUT2D eigenvalue weighted by atomic mass is 32.1. The Morgan fingerprint density at radius 3 is 2.70 bits per heavy atom. The van der Waals surface area contributed by atoms with Crippen LogP contribution in [-0.2, 0) is 16.9 Å². The average Bonchev–Trinajstić information content (AvgIpc) is 3.46. The zero-order valence-electron chi connectivity index (χ0n) is 18.5. The molecule has 170 valence electrons. The molecule has 0 saturated carbocycles. The van der Waals surface area contributed by atoms with Crippen LogP contribution >= 0.6 is 11.3 Å². The molecule has 0 bridgehead atoms. The van der Waals surface area contributed by atoms with Gasteiger partial charge in [-0.05, 0) is 44.4 Å². The summed E-state index contributed by atoms with van der Waals surface area (Å²) in [7, 11) is 0. The number of ether oxygens (including phenoxy) is 2. The van der Waals surface area contributed by atoms with E-state index in [1.165, 1.54) is 16.0 Å². The number of nitrogens with zero attached hydrogens (tertiary/aromatic N) is 4.